The van der Waals surface area contributed by atoms with Crippen LogP contribution in [0.5, 0.6) is 11.8 Å². The van der Waals surface area contributed by atoms with Gasteiger partial charge in [-0.1, -0.05) is 0 Å². The number of aromatic hydroxyl groups is 1. The Balaban J connectivity index is 2.96. The van der Waals surface area contributed by atoms with E-state index in [1.54, 1.807) is 19.0 Å². The second-order valence-corrected chi connectivity index (χ2v) is 2.69. The highest BCUT2D eigenvalue weighted by Gasteiger charge is 2.05. The average Bonchev–Trinajstić information content (AvgIpc) is 2.03. The zero-order chi connectivity index (χ0) is 9.84. The van der Waals surface area contributed by atoms with Crippen molar-refractivity contribution in [1.29, 1.82) is 0 Å². The Bertz CT molecular complexity index is 289. The third-order valence-electron chi connectivity index (χ3n) is 1.37. The summed E-state index contributed by atoms with van der Waals surface area (Å²) in [6.45, 7) is 2.37. The number of anilines is 1. The van der Waals surface area contributed by atoms with E-state index in [0.717, 1.165) is 0 Å². The molecule has 0 fully saturated rings. The highest BCUT2D eigenvalue weighted by Crippen LogP contribution is 2.17. The number of hydrogen-bond donors (Lipinski definition) is 1. The van der Waals surface area contributed by atoms with Crippen LogP contribution in [-0.4, -0.2) is 35.8 Å². The molecule has 0 saturated carbocycles. The predicted molar refractivity (Wildman–Crippen MR) is 49.2 cm³/mol. The Kier molecular flexibility index (Phi) is 2.89. The maximum Gasteiger partial charge on any atom is 0.231 e. The average molecular weight is 183 g/mol. The van der Waals surface area contributed by atoms with Crippen LogP contribution in [0.4, 0.5) is 5.95 Å². The molecule has 1 rings (SSSR count). The number of ether oxygens (including phenoxy) is 1. The van der Waals surface area contributed by atoms with Gasteiger partial charge in [-0.3, -0.25) is 0 Å². The van der Waals surface area contributed by atoms with Gasteiger partial charge in [-0.25, -0.2) is 0 Å². The summed E-state index contributed by atoms with van der Waals surface area (Å²) in [4.78, 5) is 9.56. The van der Waals surface area contributed by atoms with Crippen molar-refractivity contribution in [3.63, 3.8) is 0 Å². The summed E-state index contributed by atoms with van der Waals surface area (Å²) in [5.74, 6) is 0.740. The Hall–Kier alpha value is -1.52. The molecule has 0 amide bonds. The topological polar surface area (TPSA) is 58.5 Å². The van der Waals surface area contributed by atoms with Crippen LogP contribution in [0.2, 0.25) is 0 Å². The molecule has 5 heteroatoms. The van der Waals surface area contributed by atoms with Crippen LogP contribution >= 0.6 is 0 Å². The van der Waals surface area contributed by atoms with Crippen molar-refractivity contribution in [3.05, 3.63) is 6.07 Å². The molecule has 1 aromatic rings. The molecule has 0 spiro atoms. The Morgan fingerprint density at radius 1 is 1.46 bits per heavy atom. The van der Waals surface area contributed by atoms with Gasteiger partial charge in [-0.2, -0.15) is 9.97 Å². The summed E-state index contributed by atoms with van der Waals surface area (Å²) in [5, 5.41) is 9.21. The van der Waals surface area contributed by atoms with Crippen LogP contribution in [0.3, 0.4) is 0 Å². The molecule has 72 valence electrons. The molecule has 5 nitrogen and oxygen atoms in total. The Morgan fingerprint density at radius 3 is 2.69 bits per heavy atom. The lowest BCUT2D eigenvalue weighted by Gasteiger charge is -2.11. The smallest absolute Gasteiger partial charge is 0.231 e. The Labute approximate surface area is 77.0 Å². The minimum absolute atomic E-state index is 0.0813. The third-order valence-corrected chi connectivity index (χ3v) is 1.37. The first-order valence-electron chi connectivity index (χ1n) is 4.01. The maximum atomic E-state index is 9.21. The van der Waals surface area contributed by atoms with Crippen molar-refractivity contribution >= 4 is 5.95 Å². The molecule has 0 bridgehead atoms. The fourth-order valence-corrected chi connectivity index (χ4v) is 0.823. The molecule has 0 aliphatic rings. The van der Waals surface area contributed by atoms with Crippen molar-refractivity contribution in [2.45, 2.75) is 6.92 Å². The highest BCUT2D eigenvalue weighted by atomic mass is 16.5. The summed E-state index contributed by atoms with van der Waals surface area (Å²) in [6, 6.07) is 1.39. The minimum atomic E-state index is -0.0813. The van der Waals surface area contributed by atoms with Crippen LogP contribution in [0.15, 0.2) is 6.07 Å². The molecule has 0 atom stereocenters. The summed E-state index contributed by atoms with van der Waals surface area (Å²) in [6.07, 6.45) is 0. The molecular weight excluding hydrogens is 170 g/mol. The van der Waals surface area contributed by atoms with Gasteiger partial charge in [0.05, 0.1) is 12.7 Å². The summed E-state index contributed by atoms with van der Waals surface area (Å²) in [5.41, 5.74) is 0. The summed E-state index contributed by atoms with van der Waals surface area (Å²) >= 11 is 0. The molecule has 0 radical (unpaired) electrons. The van der Waals surface area contributed by atoms with Gasteiger partial charge in [-0.15, -0.1) is 0 Å². The summed E-state index contributed by atoms with van der Waals surface area (Å²) < 4.78 is 5.14. The zero-order valence-electron chi connectivity index (χ0n) is 7.98. The van der Waals surface area contributed by atoms with Gasteiger partial charge in [0, 0.05) is 14.1 Å². The van der Waals surface area contributed by atoms with E-state index in [0.29, 0.717) is 18.4 Å². The lowest BCUT2D eigenvalue weighted by molar-refractivity contribution is 0.322. The molecule has 0 unspecified atom stereocenters. The van der Waals surface area contributed by atoms with Crippen molar-refractivity contribution < 1.29 is 9.84 Å². The van der Waals surface area contributed by atoms with Crippen LogP contribution in [0.25, 0.3) is 0 Å². The van der Waals surface area contributed by atoms with Crippen LogP contribution in [0, 0.1) is 0 Å². The second-order valence-electron chi connectivity index (χ2n) is 2.69. The van der Waals surface area contributed by atoms with Crippen molar-refractivity contribution in [1.82, 2.24) is 9.97 Å². The number of rotatable bonds is 3. The molecule has 0 aliphatic heterocycles. The normalized spacial score (nSPS) is 9.77. The van der Waals surface area contributed by atoms with Gasteiger partial charge < -0.3 is 14.7 Å². The molecule has 0 aliphatic carbocycles. The maximum absolute atomic E-state index is 9.21. The molecule has 1 aromatic heterocycles. The number of hydrogen-bond acceptors (Lipinski definition) is 5. The fraction of sp³-hybridized carbons (Fsp3) is 0.500. The van der Waals surface area contributed by atoms with E-state index in [1.807, 2.05) is 6.92 Å². The first-order valence-corrected chi connectivity index (χ1v) is 4.01. The monoisotopic (exact) mass is 183 g/mol. The van der Waals surface area contributed by atoms with Gasteiger partial charge >= 0.3 is 0 Å². The molecule has 13 heavy (non-hydrogen) atoms. The first kappa shape index (κ1) is 9.57. The zero-order valence-corrected chi connectivity index (χ0v) is 7.98. The van der Waals surface area contributed by atoms with E-state index in [4.69, 9.17) is 4.74 Å². The largest absolute Gasteiger partial charge is 0.493 e. The highest BCUT2D eigenvalue weighted by molar-refractivity contribution is 5.34. The van der Waals surface area contributed by atoms with E-state index in [2.05, 4.69) is 9.97 Å². The molecule has 1 N–H and O–H groups in total. The van der Waals surface area contributed by atoms with Crippen LogP contribution in [-0.2, 0) is 0 Å². The number of aromatic nitrogens is 2. The van der Waals surface area contributed by atoms with E-state index in [-0.39, 0.29) is 5.88 Å². The molecule has 0 aromatic carbocycles. The molecule has 0 saturated heterocycles. The van der Waals surface area contributed by atoms with Crippen molar-refractivity contribution in [3.8, 4) is 11.8 Å². The molecule has 1 heterocycles. The SMILES string of the molecule is CCOc1cc(O)nc(N(C)C)n1. The lowest BCUT2D eigenvalue weighted by atomic mass is 10.6. The lowest BCUT2D eigenvalue weighted by Crippen LogP contribution is -2.13. The van der Waals surface area contributed by atoms with Gasteiger partial charge in [0.15, 0.2) is 0 Å². The van der Waals surface area contributed by atoms with Crippen molar-refractivity contribution in [2.24, 2.45) is 0 Å². The fourth-order valence-electron chi connectivity index (χ4n) is 0.823. The molecular formula is C8H13N3O2. The van der Waals surface area contributed by atoms with Crippen molar-refractivity contribution in [2.75, 3.05) is 25.6 Å². The van der Waals surface area contributed by atoms with Gasteiger partial charge in [0.1, 0.15) is 0 Å². The van der Waals surface area contributed by atoms with E-state index in [9.17, 15) is 5.11 Å². The quantitative estimate of drug-likeness (QED) is 0.745. The predicted octanol–water partition coefficient (Wildman–Crippen LogP) is 0.647. The van der Waals surface area contributed by atoms with E-state index >= 15 is 0 Å². The first-order chi connectivity index (χ1) is 6.13. The van der Waals surface area contributed by atoms with Gasteiger partial charge in [-0.05, 0) is 6.92 Å². The summed E-state index contributed by atoms with van der Waals surface area (Å²) in [7, 11) is 3.59. The third kappa shape index (κ3) is 2.47. The Morgan fingerprint density at radius 2 is 2.15 bits per heavy atom. The number of nitrogens with zero attached hydrogens (tertiary/aromatic N) is 3. The van der Waals surface area contributed by atoms with Crippen LogP contribution < -0.4 is 9.64 Å². The van der Waals surface area contributed by atoms with E-state index < -0.39 is 0 Å². The van der Waals surface area contributed by atoms with Gasteiger partial charge in [0.25, 0.3) is 0 Å². The minimum Gasteiger partial charge on any atom is -0.493 e. The standard InChI is InChI=1S/C8H13N3O2/c1-4-13-7-5-6(12)9-8(10-7)11(2)3/h5H,4H2,1-3H3,(H,9,10,12). The van der Waals surface area contributed by atoms with E-state index in [1.165, 1.54) is 6.07 Å². The van der Waals surface area contributed by atoms with Gasteiger partial charge in [0.2, 0.25) is 17.7 Å². The second kappa shape index (κ2) is 3.93. The van der Waals surface area contributed by atoms with Crippen LogP contribution in [0.1, 0.15) is 6.92 Å².